The predicted molar refractivity (Wildman–Crippen MR) is 77.6 cm³/mol. The molecule has 1 aliphatic heterocycles. The van der Waals surface area contributed by atoms with Crippen molar-refractivity contribution in [3.63, 3.8) is 0 Å². The molecule has 20 heavy (non-hydrogen) atoms. The van der Waals surface area contributed by atoms with Crippen LogP contribution in [0, 0.1) is 5.82 Å². The van der Waals surface area contributed by atoms with Gasteiger partial charge in [0.15, 0.2) is 0 Å². The maximum atomic E-state index is 13.9. The van der Waals surface area contributed by atoms with E-state index in [2.05, 4.69) is 15.2 Å². The topological polar surface area (TPSA) is 37.4 Å². The van der Waals surface area contributed by atoms with Gasteiger partial charge in [-0.2, -0.15) is 0 Å². The Morgan fingerprint density at radius 3 is 3.15 bits per heavy atom. The van der Waals surface area contributed by atoms with Gasteiger partial charge < -0.3 is 15.0 Å². The van der Waals surface area contributed by atoms with Gasteiger partial charge in [-0.15, -0.1) is 0 Å². The van der Waals surface area contributed by atoms with Gasteiger partial charge in [-0.3, -0.25) is 0 Å². The summed E-state index contributed by atoms with van der Waals surface area (Å²) in [6.07, 6.45) is 1.67. The number of halogens is 1. The molecule has 1 aliphatic rings. The molecule has 3 rings (SSSR count). The Morgan fingerprint density at radius 2 is 2.30 bits per heavy atom. The normalized spacial score (nSPS) is 19.5. The predicted octanol–water partition coefficient (Wildman–Crippen LogP) is 1.80. The Bertz CT molecular complexity index is 603. The van der Waals surface area contributed by atoms with Crippen LogP contribution in [-0.4, -0.2) is 44.4 Å². The number of rotatable bonds is 3. The van der Waals surface area contributed by atoms with Crippen LogP contribution in [0.2, 0.25) is 0 Å². The molecule has 0 amide bonds. The Balaban J connectivity index is 2.06. The summed E-state index contributed by atoms with van der Waals surface area (Å²) in [5, 5.41) is 4.83. The van der Waals surface area contributed by atoms with Crippen LogP contribution in [0.4, 0.5) is 10.2 Å². The average molecular weight is 275 g/mol. The maximum absolute atomic E-state index is 13.9. The van der Waals surface area contributed by atoms with Crippen molar-refractivity contribution in [2.75, 3.05) is 38.3 Å². The van der Waals surface area contributed by atoms with Gasteiger partial charge in [0.2, 0.25) is 0 Å². The van der Waals surface area contributed by atoms with Gasteiger partial charge in [0.25, 0.3) is 0 Å². The summed E-state index contributed by atoms with van der Waals surface area (Å²) in [7, 11) is 1.70. The number of nitrogens with zero attached hydrogens (tertiary/aromatic N) is 2. The van der Waals surface area contributed by atoms with Crippen LogP contribution in [0.3, 0.4) is 0 Å². The molecule has 1 aromatic carbocycles. The average Bonchev–Trinajstić information content (AvgIpc) is 2.48. The first-order valence-corrected chi connectivity index (χ1v) is 6.81. The fourth-order valence-electron chi connectivity index (χ4n) is 2.76. The number of benzene rings is 1. The van der Waals surface area contributed by atoms with E-state index in [0.29, 0.717) is 12.0 Å². The Morgan fingerprint density at radius 1 is 1.40 bits per heavy atom. The quantitative estimate of drug-likeness (QED) is 0.927. The summed E-state index contributed by atoms with van der Waals surface area (Å²) >= 11 is 0. The van der Waals surface area contributed by atoms with Crippen molar-refractivity contribution in [2.24, 2.45) is 0 Å². The van der Waals surface area contributed by atoms with Gasteiger partial charge >= 0.3 is 0 Å². The molecule has 1 atom stereocenters. The number of pyridine rings is 1. The van der Waals surface area contributed by atoms with Crippen molar-refractivity contribution in [2.45, 2.75) is 6.04 Å². The molecule has 5 heteroatoms. The molecule has 1 saturated heterocycles. The van der Waals surface area contributed by atoms with Gasteiger partial charge in [-0.1, -0.05) is 12.1 Å². The second-order valence-electron chi connectivity index (χ2n) is 4.98. The minimum atomic E-state index is -0.204. The molecule has 1 fully saturated rings. The van der Waals surface area contributed by atoms with Crippen molar-refractivity contribution in [3.05, 3.63) is 36.3 Å². The largest absolute Gasteiger partial charge is 0.383 e. The lowest BCUT2D eigenvalue weighted by Crippen LogP contribution is -2.53. The van der Waals surface area contributed by atoms with Crippen LogP contribution in [-0.2, 0) is 4.74 Å². The maximum Gasteiger partial charge on any atom is 0.136 e. The highest BCUT2D eigenvalue weighted by molar-refractivity contribution is 5.92. The van der Waals surface area contributed by atoms with Gasteiger partial charge in [0.05, 0.1) is 12.6 Å². The zero-order valence-corrected chi connectivity index (χ0v) is 11.5. The minimum Gasteiger partial charge on any atom is -0.383 e. The van der Waals surface area contributed by atoms with E-state index in [-0.39, 0.29) is 11.9 Å². The van der Waals surface area contributed by atoms with E-state index in [0.717, 1.165) is 30.8 Å². The summed E-state index contributed by atoms with van der Waals surface area (Å²) in [4.78, 5) is 6.69. The molecule has 2 aromatic rings. The van der Waals surface area contributed by atoms with Crippen LogP contribution in [0.5, 0.6) is 0 Å². The highest BCUT2D eigenvalue weighted by Crippen LogP contribution is 2.27. The van der Waals surface area contributed by atoms with Crippen LogP contribution in [0.15, 0.2) is 30.5 Å². The molecular formula is C15H18FN3O. The standard InChI is InChI=1S/C15H18FN3O/c1-20-10-11-9-17-7-8-19(11)15-13-3-2-4-14(16)12(13)5-6-18-15/h2-6,11,17H,7-10H2,1H3/t11-/m0/s1. The number of ether oxygens (including phenoxy) is 1. The Labute approximate surface area is 117 Å². The highest BCUT2D eigenvalue weighted by Gasteiger charge is 2.24. The number of piperazine rings is 1. The molecule has 1 aromatic heterocycles. The number of anilines is 1. The number of aromatic nitrogens is 1. The van der Waals surface area contributed by atoms with Crippen LogP contribution in [0.25, 0.3) is 10.8 Å². The smallest absolute Gasteiger partial charge is 0.136 e. The van der Waals surface area contributed by atoms with E-state index in [1.165, 1.54) is 6.07 Å². The van der Waals surface area contributed by atoms with Crippen molar-refractivity contribution in [1.82, 2.24) is 10.3 Å². The minimum absolute atomic E-state index is 0.204. The van der Waals surface area contributed by atoms with Crippen LogP contribution in [0.1, 0.15) is 0 Å². The van der Waals surface area contributed by atoms with Gasteiger partial charge in [0, 0.05) is 43.7 Å². The van der Waals surface area contributed by atoms with E-state index >= 15 is 0 Å². The van der Waals surface area contributed by atoms with E-state index in [1.807, 2.05) is 6.07 Å². The fourth-order valence-corrected chi connectivity index (χ4v) is 2.76. The Kier molecular flexibility index (Phi) is 3.80. The van der Waals surface area contributed by atoms with Crippen molar-refractivity contribution in [1.29, 1.82) is 0 Å². The first-order chi connectivity index (χ1) is 9.81. The summed E-state index contributed by atoms with van der Waals surface area (Å²) in [5.41, 5.74) is 0. The Hall–Kier alpha value is -1.72. The lowest BCUT2D eigenvalue weighted by molar-refractivity contribution is 0.170. The lowest BCUT2D eigenvalue weighted by Gasteiger charge is -2.37. The molecule has 0 unspecified atom stereocenters. The highest BCUT2D eigenvalue weighted by atomic mass is 19.1. The third-order valence-electron chi connectivity index (χ3n) is 3.71. The first-order valence-electron chi connectivity index (χ1n) is 6.81. The fraction of sp³-hybridized carbons (Fsp3) is 0.400. The van der Waals surface area contributed by atoms with Crippen molar-refractivity contribution >= 4 is 16.6 Å². The molecular weight excluding hydrogens is 257 g/mol. The summed E-state index contributed by atoms with van der Waals surface area (Å²) in [5.74, 6) is 0.634. The molecule has 4 nitrogen and oxygen atoms in total. The molecule has 1 N–H and O–H groups in total. The lowest BCUT2D eigenvalue weighted by atomic mass is 10.1. The summed E-state index contributed by atoms with van der Waals surface area (Å²) in [6.45, 7) is 3.21. The van der Waals surface area contributed by atoms with E-state index in [4.69, 9.17) is 4.74 Å². The summed E-state index contributed by atoms with van der Waals surface area (Å²) in [6, 6.07) is 7.08. The first kappa shape index (κ1) is 13.3. The molecule has 0 bridgehead atoms. The molecule has 0 saturated carbocycles. The second-order valence-corrected chi connectivity index (χ2v) is 4.98. The number of nitrogens with one attached hydrogen (secondary N) is 1. The molecule has 0 aliphatic carbocycles. The van der Waals surface area contributed by atoms with Gasteiger partial charge in [-0.25, -0.2) is 9.37 Å². The van der Waals surface area contributed by atoms with Crippen LogP contribution >= 0.6 is 0 Å². The number of methoxy groups -OCH3 is 1. The monoisotopic (exact) mass is 275 g/mol. The molecule has 2 heterocycles. The van der Waals surface area contributed by atoms with E-state index in [9.17, 15) is 4.39 Å². The molecule has 106 valence electrons. The van der Waals surface area contributed by atoms with Gasteiger partial charge in [0.1, 0.15) is 11.6 Å². The SMILES string of the molecule is COC[C@@H]1CNCCN1c1nccc2c(F)cccc12. The number of fused-ring (bicyclic) bond motifs is 1. The van der Waals surface area contributed by atoms with E-state index < -0.39 is 0 Å². The van der Waals surface area contributed by atoms with Gasteiger partial charge in [-0.05, 0) is 12.1 Å². The third kappa shape index (κ3) is 2.34. The third-order valence-corrected chi connectivity index (χ3v) is 3.71. The van der Waals surface area contributed by atoms with Crippen LogP contribution < -0.4 is 10.2 Å². The molecule has 0 radical (unpaired) electrons. The zero-order valence-electron chi connectivity index (χ0n) is 11.5. The zero-order chi connectivity index (χ0) is 13.9. The number of hydrogen-bond donors (Lipinski definition) is 1. The summed E-state index contributed by atoms with van der Waals surface area (Å²) < 4.78 is 19.2. The molecule has 0 spiro atoms. The number of hydrogen-bond acceptors (Lipinski definition) is 4. The second kappa shape index (κ2) is 5.73. The van der Waals surface area contributed by atoms with Crippen molar-refractivity contribution in [3.8, 4) is 0 Å². The van der Waals surface area contributed by atoms with E-state index in [1.54, 1.807) is 25.4 Å². The van der Waals surface area contributed by atoms with Crippen molar-refractivity contribution < 1.29 is 9.13 Å².